The third kappa shape index (κ3) is 4.03. The molecule has 0 atom stereocenters. The van der Waals surface area contributed by atoms with Crippen LogP contribution >= 0.6 is 0 Å². The van der Waals surface area contributed by atoms with Gasteiger partial charge in [-0.1, -0.05) is 12.1 Å². The third-order valence-electron chi connectivity index (χ3n) is 2.92. The minimum absolute atomic E-state index is 0.763. The zero-order valence-corrected chi connectivity index (χ0v) is 11.7. The van der Waals surface area contributed by atoms with E-state index >= 15 is 0 Å². The average molecular weight is 256 g/mol. The van der Waals surface area contributed by atoms with Crippen LogP contribution < -0.4 is 10.2 Å². The van der Waals surface area contributed by atoms with Crippen LogP contribution in [0.1, 0.15) is 17.1 Å². The lowest BCUT2D eigenvalue weighted by atomic mass is 10.2. The van der Waals surface area contributed by atoms with E-state index in [-0.39, 0.29) is 0 Å². The zero-order valence-electron chi connectivity index (χ0n) is 11.7. The van der Waals surface area contributed by atoms with Crippen molar-refractivity contribution in [2.75, 3.05) is 19.0 Å². The summed E-state index contributed by atoms with van der Waals surface area (Å²) in [6.07, 6.45) is 1.80. The van der Waals surface area contributed by atoms with E-state index in [0.29, 0.717) is 0 Å². The normalized spacial score (nSPS) is 10.5. The zero-order chi connectivity index (χ0) is 13.7. The van der Waals surface area contributed by atoms with Crippen molar-refractivity contribution in [3.05, 3.63) is 53.6 Å². The second-order valence-electron chi connectivity index (χ2n) is 4.76. The largest absolute Gasteiger partial charge is 0.378 e. The first-order valence-electron chi connectivity index (χ1n) is 6.40. The fourth-order valence-corrected chi connectivity index (χ4v) is 1.85. The van der Waals surface area contributed by atoms with Crippen LogP contribution in [-0.4, -0.2) is 24.1 Å². The number of nitrogens with zero attached hydrogens (tertiary/aromatic N) is 3. The summed E-state index contributed by atoms with van der Waals surface area (Å²) in [6, 6.07) is 10.5. The Morgan fingerprint density at radius 3 is 2.42 bits per heavy atom. The number of aryl methyl sites for hydroxylation is 1. The molecule has 19 heavy (non-hydrogen) atoms. The van der Waals surface area contributed by atoms with Gasteiger partial charge in [0.05, 0.1) is 5.69 Å². The van der Waals surface area contributed by atoms with Crippen molar-refractivity contribution in [1.29, 1.82) is 0 Å². The quantitative estimate of drug-likeness (QED) is 0.890. The molecule has 0 aliphatic rings. The van der Waals surface area contributed by atoms with Gasteiger partial charge < -0.3 is 10.2 Å². The predicted molar refractivity (Wildman–Crippen MR) is 78.1 cm³/mol. The standard InChI is InChI=1S/C15H20N4/c1-12-17-9-8-14(18-12)11-16-10-13-4-6-15(7-5-13)19(2)3/h4-9,16H,10-11H2,1-3H3. The Bertz CT molecular complexity index is 520. The highest BCUT2D eigenvalue weighted by Crippen LogP contribution is 2.12. The monoisotopic (exact) mass is 256 g/mol. The van der Waals surface area contributed by atoms with Crippen LogP contribution in [-0.2, 0) is 13.1 Å². The lowest BCUT2D eigenvalue weighted by molar-refractivity contribution is 0.675. The number of benzene rings is 1. The van der Waals surface area contributed by atoms with Crippen molar-refractivity contribution in [2.24, 2.45) is 0 Å². The number of rotatable bonds is 5. The Hall–Kier alpha value is -1.94. The number of nitrogens with one attached hydrogen (secondary N) is 1. The maximum absolute atomic E-state index is 4.36. The molecule has 0 bridgehead atoms. The van der Waals surface area contributed by atoms with E-state index in [1.54, 1.807) is 6.20 Å². The fraction of sp³-hybridized carbons (Fsp3) is 0.333. The van der Waals surface area contributed by atoms with E-state index in [1.807, 2.05) is 27.1 Å². The van der Waals surface area contributed by atoms with Crippen LogP contribution in [0.5, 0.6) is 0 Å². The van der Waals surface area contributed by atoms with E-state index in [1.165, 1.54) is 11.3 Å². The SMILES string of the molecule is Cc1nccc(CNCc2ccc(N(C)C)cc2)n1. The summed E-state index contributed by atoms with van der Waals surface area (Å²) >= 11 is 0. The van der Waals surface area contributed by atoms with Crippen molar-refractivity contribution in [1.82, 2.24) is 15.3 Å². The lowest BCUT2D eigenvalue weighted by Gasteiger charge is -2.12. The first-order chi connectivity index (χ1) is 9.15. The lowest BCUT2D eigenvalue weighted by Crippen LogP contribution is -2.14. The maximum atomic E-state index is 4.36. The summed E-state index contributed by atoms with van der Waals surface area (Å²) in [5.74, 6) is 0.814. The molecular weight excluding hydrogens is 236 g/mol. The van der Waals surface area contributed by atoms with E-state index in [0.717, 1.165) is 24.6 Å². The van der Waals surface area contributed by atoms with Gasteiger partial charge >= 0.3 is 0 Å². The average Bonchev–Trinajstić information content (AvgIpc) is 2.39. The number of hydrogen-bond donors (Lipinski definition) is 1. The smallest absolute Gasteiger partial charge is 0.125 e. The highest BCUT2D eigenvalue weighted by atomic mass is 15.1. The molecule has 4 heteroatoms. The molecule has 0 aliphatic carbocycles. The molecule has 0 saturated carbocycles. The molecule has 100 valence electrons. The van der Waals surface area contributed by atoms with Crippen molar-refractivity contribution < 1.29 is 0 Å². The Morgan fingerprint density at radius 1 is 1.05 bits per heavy atom. The number of anilines is 1. The molecule has 0 fully saturated rings. The summed E-state index contributed by atoms with van der Waals surface area (Å²) in [4.78, 5) is 10.5. The van der Waals surface area contributed by atoms with E-state index in [9.17, 15) is 0 Å². The van der Waals surface area contributed by atoms with Gasteiger partial charge in [0.1, 0.15) is 5.82 Å². The van der Waals surface area contributed by atoms with Crippen LogP contribution in [0.4, 0.5) is 5.69 Å². The van der Waals surface area contributed by atoms with Gasteiger partial charge in [-0.05, 0) is 30.7 Å². The summed E-state index contributed by atoms with van der Waals surface area (Å²) in [5.41, 5.74) is 3.52. The molecule has 1 heterocycles. The Labute approximate surface area is 114 Å². The second kappa shape index (κ2) is 6.29. The molecule has 0 aliphatic heterocycles. The number of hydrogen-bond acceptors (Lipinski definition) is 4. The minimum Gasteiger partial charge on any atom is -0.378 e. The van der Waals surface area contributed by atoms with Gasteiger partial charge in [0, 0.05) is 39.1 Å². The molecule has 0 saturated heterocycles. The molecule has 0 unspecified atom stereocenters. The predicted octanol–water partition coefficient (Wildman–Crippen LogP) is 2.14. The molecular formula is C15H20N4. The van der Waals surface area contributed by atoms with Crippen LogP contribution in [0.3, 0.4) is 0 Å². The maximum Gasteiger partial charge on any atom is 0.125 e. The van der Waals surface area contributed by atoms with Gasteiger partial charge in [-0.2, -0.15) is 0 Å². The van der Waals surface area contributed by atoms with Gasteiger partial charge in [0.25, 0.3) is 0 Å². The number of aromatic nitrogens is 2. The molecule has 4 nitrogen and oxygen atoms in total. The molecule has 2 aromatic rings. The van der Waals surface area contributed by atoms with Crippen molar-refractivity contribution in [3.8, 4) is 0 Å². The summed E-state index contributed by atoms with van der Waals surface area (Å²) < 4.78 is 0. The molecule has 2 rings (SSSR count). The van der Waals surface area contributed by atoms with E-state index in [4.69, 9.17) is 0 Å². The van der Waals surface area contributed by atoms with E-state index < -0.39 is 0 Å². The van der Waals surface area contributed by atoms with E-state index in [2.05, 4.69) is 44.5 Å². The topological polar surface area (TPSA) is 41.1 Å². The summed E-state index contributed by atoms with van der Waals surface area (Å²) in [6.45, 7) is 3.51. The van der Waals surface area contributed by atoms with Crippen molar-refractivity contribution in [3.63, 3.8) is 0 Å². The van der Waals surface area contributed by atoms with Gasteiger partial charge in [0.15, 0.2) is 0 Å². The van der Waals surface area contributed by atoms with Gasteiger partial charge in [-0.15, -0.1) is 0 Å². The fourth-order valence-electron chi connectivity index (χ4n) is 1.85. The van der Waals surface area contributed by atoms with Gasteiger partial charge in [0.2, 0.25) is 0 Å². The first-order valence-corrected chi connectivity index (χ1v) is 6.40. The summed E-state index contributed by atoms with van der Waals surface area (Å²) in [5, 5.41) is 3.39. The molecule has 0 spiro atoms. The molecule has 1 aromatic heterocycles. The Morgan fingerprint density at radius 2 is 1.79 bits per heavy atom. The van der Waals surface area contributed by atoms with Crippen LogP contribution in [0, 0.1) is 6.92 Å². The Balaban J connectivity index is 1.85. The van der Waals surface area contributed by atoms with Crippen LogP contribution in [0.15, 0.2) is 36.5 Å². The molecule has 0 radical (unpaired) electrons. The third-order valence-corrected chi connectivity index (χ3v) is 2.92. The van der Waals surface area contributed by atoms with Gasteiger partial charge in [-0.3, -0.25) is 0 Å². The second-order valence-corrected chi connectivity index (χ2v) is 4.76. The van der Waals surface area contributed by atoms with Crippen LogP contribution in [0.25, 0.3) is 0 Å². The highest BCUT2D eigenvalue weighted by molar-refractivity contribution is 5.45. The molecule has 1 aromatic carbocycles. The minimum atomic E-state index is 0.763. The Kier molecular flexibility index (Phi) is 4.47. The first kappa shape index (κ1) is 13.5. The van der Waals surface area contributed by atoms with Gasteiger partial charge in [-0.25, -0.2) is 9.97 Å². The van der Waals surface area contributed by atoms with Crippen LogP contribution in [0.2, 0.25) is 0 Å². The molecule has 1 N–H and O–H groups in total. The molecule has 0 amide bonds. The van der Waals surface area contributed by atoms with Crippen molar-refractivity contribution >= 4 is 5.69 Å². The highest BCUT2D eigenvalue weighted by Gasteiger charge is 1.98. The van der Waals surface area contributed by atoms with Crippen molar-refractivity contribution in [2.45, 2.75) is 20.0 Å². The summed E-state index contributed by atoms with van der Waals surface area (Å²) in [7, 11) is 4.09.